The van der Waals surface area contributed by atoms with Crippen molar-refractivity contribution in [1.82, 2.24) is 19.9 Å². The lowest BCUT2D eigenvalue weighted by Crippen LogP contribution is -2.34. The SMILES string of the molecule is O=C(NCc1ccccn1)C(CCCCCn1cc(-c2ccc(O)cc2)c2cccnc21)C1CCCC1. The zero-order valence-electron chi connectivity index (χ0n) is 21.4. The highest BCUT2D eigenvalue weighted by Crippen LogP contribution is 2.35. The number of hydrogen-bond acceptors (Lipinski definition) is 4. The van der Waals surface area contributed by atoms with Gasteiger partial charge in [-0.1, -0.05) is 43.9 Å². The van der Waals surface area contributed by atoms with E-state index in [1.165, 1.54) is 25.7 Å². The van der Waals surface area contributed by atoms with Gasteiger partial charge >= 0.3 is 0 Å². The van der Waals surface area contributed by atoms with Gasteiger partial charge in [-0.15, -0.1) is 0 Å². The average Bonchev–Trinajstić information content (AvgIpc) is 3.59. The van der Waals surface area contributed by atoms with Crippen molar-refractivity contribution in [3.63, 3.8) is 0 Å². The number of phenolic OH excluding ortho intramolecular Hbond substituents is 1. The van der Waals surface area contributed by atoms with Crippen LogP contribution in [0.25, 0.3) is 22.2 Å². The molecule has 6 heteroatoms. The van der Waals surface area contributed by atoms with Crippen LogP contribution in [0.4, 0.5) is 0 Å². The smallest absolute Gasteiger partial charge is 0.223 e. The summed E-state index contributed by atoms with van der Waals surface area (Å²) in [7, 11) is 0. The lowest BCUT2D eigenvalue weighted by atomic mass is 9.85. The summed E-state index contributed by atoms with van der Waals surface area (Å²) in [5.41, 5.74) is 4.10. The van der Waals surface area contributed by atoms with E-state index in [-0.39, 0.29) is 17.6 Å². The zero-order chi connectivity index (χ0) is 25.5. The van der Waals surface area contributed by atoms with Crippen molar-refractivity contribution in [3.8, 4) is 16.9 Å². The van der Waals surface area contributed by atoms with E-state index in [1.807, 2.05) is 42.6 Å². The predicted octanol–water partition coefficient (Wildman–Crippen LogP) is 6.49. The summed E-state index contributed by atoms with van der Waals surface area (Å²) in [6.45, 7) is 1.39. The highest BCUT2D eigenvalue weighted by molar-refractivity contribution is 5.94. The largest absolute Gasteiger partial charge is 0.508 e. The number of nitrogens with zero attached hydrogens (tertiary/aromatic N) is 3. The van der Waals surface area contributed by atoms with E-state index in [1.54, 1.807) is 18.3 Å². The van der Waals surface area contributed by atoms with Gasteiger partial charge in [-0.3, -0.25) is 9.78 Å². The van der Waals surface area contributed by atoms with Crippen molar-refractivity contribution in [2.24, 2.45) is 11.8 Å². The van der Waals surface area contributed by atoms with Gasteiger partial charge in [0.25, 0.3) is 0 Å². The lowest BCUT2D eigenvalue weighted by molar-refractivity contribution is -0.127. The molecule has 0 aliphatic heterocycles. The minimum atomic E-state index is 0.0985. The molecule has 1 atom stereocenters. The molecule has 37 heavy (non-hydrogen) atoms. The van der Waals surface area contributed by atoms with Gasteiger partial charge in [0.15, 0.2) is 0 Å². The van der Waals surface area contributed by atoms with E-state index in [0.717, 1.165) is 60.1 Å². The number of amides is 1. The Morgan fingerprint density at radius 3 is 2.57 bits per heavy atom. The number of carbonyl (C=O) groups is 1. The van der Waals surface area contributed by atoms with Gasteiger partial charge in [-0.2, -0.15) is 0 Å². The molecule has 0 saturated heterocycles. The van der Waals surface area contributed by atoms with Gasteiger partial charge in [-0.05, 0) is 73.6 Å². The maximum atomic E-state index is 13.1. The van der Waals surface area contributed by atoms with Gasteiger partial charge < -0.3 is 15.0 Å². The van der Waals surface area contributed by atoms with Crippen LogP contribution in [-0.4, -0.2) is 25.5 Å². The summed E-state index contributed by atoms with van der Waals surface area (Å²) < 4.78 is 2.24. The molecule has 1 amide bonds. The third-order valence-electron chi connectivity index (χ3n) is 7.70. The van der Waals surface area contributed by atoms with Crippen LogP contribution >= 0.6 is 0 Å². The fourth-order valence-electron chi connectivity index (χ4n) is 5.74. The predicted molar refractivity (Wildman–Crippen MR) is 147 cm³/mol. The molecule has 1 fully saturated rings. The molecule has 192 valence electrons. The molecule has 4 aromatic rings. The first-order valence-electron chi connectivity index (χ1n) is 13.6. The van der Waals surface area contributed by atoms with E-state index >= 15 is 0 Å². The minimum absolute atomic E-state index is 0.0985. The summed E-state index contributed by atoms with van der Waals surface area (Å²) in [4.78, 5) is 22.1. The first kappa shape index (κ1) is 25.0. The van der Waals surface area contributed by atoms with Gasteiger partial charge in [0.05, 0.1) is 12.2 Å². The first-order valence-corrected chi connectivity index (χ1v) is 13.6. The number of nitrogens with one attached hydrogen (secondary N) is 1. The molecule has 1 aliphatic rings. The molecule has 3 aromatic heterocycles. The molecular weight excluding hydrogens is 460 g/mol. The number of aromatic hydroxyl groups is 1. The first-order chi connectivity index (χ1) is 18.2. The fourth-order valence-corrected chi connectivity index (χ4v) is 5.74. The lowest BCUT2D eigenvalue weighted by Gasteiger charge is -2.22. The number of carbonyl (C=O) groups excluding carboxylic acids is 1. The Morgan fingerprint density at radius 2 is 1.78 bits per heavy atom. The standard InChI is InChI=1S/C31H36N4O2/c36-26-16-14-24(15-17-26)29-22-35(30-28(29)13-8-19-33-30)20-7-1-2-12-27(23-9-3-4-10-23)31(37)34-21-25-11-5-6-18-32-25/h5-6,8,11,13-19,22-23,27,36H,1-4,7,9-10,12,20-21H2,(H,34,37). The minimum Gasteiger partial charge on any atom is -0.508 e. The molecule has 1 aromatic carbocycles. The second-order valence-corrected chi connectivity index (χ2v) is 10.2. The van der Waals surface area contributed by atoms with Crippen LogP contribution in [0.3, 0.4) is 0 Å². The number of benzene rings is 1. The third kappa shape index (κ3) is 6.19. The quantitative estimate of drug-likeness (QED) is 0.233. The molecule has 0 bridgehead atoms. The Balaban J connectivity index is 1.17. The second-order valence-electron chi connectivity index (χ2n) is 10.2. The van der Waals surface area contributed by atoms with Gasteiger partial charge in [-0.25, -0.2) is 4.98 Å². The van der Waals surface area contributed by atoms with Gasteiger partial charge in [0, 0.05) is 42.0 Å². The number of hydrogen-bond donors (Lipinski definition) is 2. The number of phenols is 1. The maximum Gasteiger partial charge on any atom is 0.223 e. The summed E-state index contributed by atoms with van der Waals surface area (Å²) >= 11 is 0. The Morgan fingerprint density at radius 1 is 0.973 bits per heavy atom. The van der Waals surface area contributed by atoms with E-state index in [9.17, 15) is 9.90 Å². The van der Waals surface area contributed by atoms with Crippen molar-refractivity contribution in [1.29, 1.82) is 0 Å². The molecule has 1 saturated carbocycles. The molecular formula is C31H36N4O2. The third-order valence-corrected chi connectivity index (χ3v) is 7.70. The summed E-state index contributed by atoms with van der Waals surface area (Å²) in [6, 6.07) is 17.2. The molecule has 5 rings (SSSR count). The Kier molecular flexibility index (Phi) is 8.14. The van der Waals surface area contributed by atoms with E-state index < -0.39 is 0 Å². The van der Waals surface area contributed by atoms with Crippen LogP contribution in [0.1, 0.15) is 57.1 Å². The highest BCUT2D eigenvalue weighted by Gasteiger charge is 2.30. The number of unbranched alkanes of at least 4 members (excludes halogenated alkanes) is 2. The summed E-state index contributed by atoms with van der Waals surface area (Å²) in [6.07, 6.45) is 14.7. The van der Waals surface area contributed by atoms with Crippen molar-refractivity contribution >= 4 is 16.9 Å². The van der Waals surface area contributed by atoms with Crippen molar-refractivity contribution in [3.05, 3.63) is 78.9 Å². The van der Waals surface area contributed by atoms with Crippen molar-refractivity contribution in [2.45, 2.75) is 64.5 Å². The fraction of sp³-hybridized carbons (Fsp3) is 0.387. The van der Waals surface area contributed by atoms with Gasteiger partial charge in [0.1, 0.15) is 11.4 Å². The molecule has 3 heterocycles. The van der Waals surface area contributed by atoms with Crippen LogP contribution in [-0.2, 0) is 17.9 Å². The Bertz CT molecular complexity index is 1290. The molecule has 0 radical (unpaired) electrons. The Labute approximate surface area is 218 Å². The van der Waals surface area contributed by atoms with E-state index in [2.05, 4.69) is 32.1 Å². The van der Waals surface area contributed by atoms with Crippen LogP contribution in [0.2, 0.25) is 0 Å². The number of aryl methyl sites for hydroxylation is 1. The van der Waals surface area contributed by atoms with Crippen LogP contribution in [0, 0.1) is 11.8 Å². The topological polar surface area (TPSA) is 80.0 Å². The Hall–Kier alpha value is -3.67. The molecule has 2 N–H and O–H groups in total. The summed E-state index contributed by atoms with van der Waals surface area (Å²) in [5.74, 6) is 1.07. The zero-order valence-corrected chi connectivity index (χ0v) is 21.4. The van der Waals surface area contributed by atoms with E-state index in [0.29, 0.717) is 12.5 Å². The number of aromatic nitrogens is 3. The highest BCUT2D eigenvalue weighted by atomic mass is 16.3. The number of fused-ring (bicyclic) bond motifs is 1. The van der Waals surface area contributed by atoms with Crippen LogP contribution in [0.15, 0.2) is 73.2 Å². The van der Waals surface area contributed by atoms with Crippen molar-refractivity contribution in [2.75, 3.05) is 0 Å². The van der Waals surface area contributed by atoms with E-state index in [4.69, 9.17) is 0 Å². The molecule has 0 spiro atoms. The van der Waals surface area contributed by atoms with Crippen LogP contribution < -0.4 is 5.32 Å². The number of rotatable bonds is 11. The second kappa shape index (κ2) is 12.0. The van der Waals surface area contributed by atoms with Crippen LogP contribution in [0.5, 0.6) is 5.75 Å². The van der Waals surface area contributed by atoms with Crippen molar-refractivity contribution < 1.29 is 9.90 Å². The maximum absolute atomic E-state index is 13.1. The average molecular weight is 497 g/mol. The molecule has 6 nitrogen and oxygen atoms in total. The normalized spacial score (nSPS) is 14.7. The number of pyridine rings is 2. The summed E-state index contributed by atoms with van der Waals surface area (Å²) in [5, 5.41) is 13.9. The van der Waals surface area contributed by atoms with Gasteiger partial charge in [0.2, 0.25) is 5.91 Å². The monoisotopic (exact) mass is 496 g/mol. The molecule has 1 unspecified atom stereocenters. The molecule has 1 aliphatic carbocycles.